The maximum atomic E-state index is 12.2. The molecule has 1 aromatic heterocycles. The molecule has 6 heteroatoms. The summed E-state index contributed by atoms with van der Waals surface area (Å²) in [6, 6.07) is 8.57. The van der Waals surface area contributed by atoms with Crippen molar-refractivity contribution in [3.05, 3.63) is 47.9 Å². The van der Waals surface area contributed by atoms with E-state index in [2.05, 4.69) is 5.32 Å². The van der Waals surface area contributed by atoms with Crippen molar-refractivity contribution in [2.75, 3.05) is 11.9 Å². The van der Waals surface area contributed by atoms with Crippen molar-refractivity contribution in [1.82, 2.24) is 0 Å². The lowest BCUT2D eigenvalue weighted by Crippen LogP contribution is -2.30. The molecule has 1 atom stereocenters. The largest absolute Gasteiger partial charge is 0.492 e. The van der Waals surface area contributed by atoms with Gasteiger partial charge >= 0.3 is 5.97 Å². The van der Waals surface area contributed by atoms with Crippen LogP contribution in [-0.2, 0) is 9.53 Å². The number of furan rings is 1. The van der Waals surface area contributed by atoms with Crippen LogP contribution in [-0.4, -0.2) is 24.6 Å². The van der Waals surface area contributed by atoms with E-state index in [4.69, 9.17) is 13.9 Å². The molecule has 1 heterocycles. The van der Waals surface area contributed by atoms with Crippen molar-refractivity contribution in [2.24, 2.45) is 0 Å². The van der Waals surface area contributed by atoms with Gasteiger partial charge in [-0.3, -0.25) is 4.79 Å². The Morgan fingerprint density at radius 2 is 2.00 bits per heavy atom. The predicted molar refractivity (Wildman–Crippen MR) is 84.6 cm³/mol. The van der Waals surface area contributed by atoms with Gasteiger partial charge in [-0.15, -0.1) is 0 Å². The molecule has 1 N–H and O–H groups in total. The number of rotatable bonds is 6. The van der Waals surface area contributed by atoms with E-state index in [9.17, 15) is 9.59 Å². The SMILES string of the molecule is CCOc1ccccc1NC(=O)C(C)OC(=O)c1ccoc1C. The highest BCUT2D eigenvalue weighted by atomic mass is 16.5. The van der Waals surface area contributed by atoms with Crippen molar-refractivity contribution in [1.29, 1.82) is 0 Å². The Bertz CT molecular complexity index is 692. The first-order valence-corrected chi connectivity index (χ1v) is 7.30. The molecule has 0 radical (unpaired) electrons. The highest BCUT2D eigenvalue weighted by molar-refractivity contribution is 5.98. The summed E-state index contributed by atoms with van der Waals surface area (Å²) < 4.78 is 15.6. The summed E-state index contributed by atoms with van der Waals surface area (Å²) in [7, 11) is 0. The number of esters is 1. The lowest BCUT2D eigenvalue weighted by molar-refractivity contribution is -0.123. The summed E-state index contributed by atoms with van der Waals surface area (Å²) in [5, 5.41) is 2.70. The molecule has 0 aliphatic heterocycles. The summed E-state index contributed by atoms with van der Waals surface area (Å²) in [4.78, 5) is 24.2. The smallest absolute Gasteiger partial charge is 0.342 e. The van der Waals surface area contributed by atoms with Gasteiger partial charge in [-0.1, -0.05) is 12.1 Å². The van der Waals surface area contributed by atoms with E-state index in [0.29, 0.717) is 29.4 Å². The van der Waals surface area contributed by atoms with Gasteiger partial charge in [-0.25, -0.2) is 4.79 Å². The number of nitrogens with one attached hydrogen (secondary N) is 1. The Hall–Kier alpha value is -2.76. The monoisotopic (exact) mass is 317 g/mol. The Morgan fingerprint density at radius 3 is 2.65 bits per heavy atom. The second-order valence-electron chi connectivity index (χ2n) is 4.86. The van der Waals surface area contributed by atoms with Gasteiger partial charge in [-0.2, -0.15) is 0 Å². The van der Waals surface area contributed by atoms with Crippen LogP contribution in [0.3, 0.4) is 0 Å². The van der Waals surface area contributed by atoms with Gasteiger partial charge in [0.2, 0.25) is 0 Å². The minimum Gasteiger partial charge on any atom is -0.492 e. The van der Waals surface area contributed by atoms with Crippen LogP contribution < -0.4 is 10.1 Å². The van der Waals surface area contributed by atoms with Gasteiger partial charge in [0.15, 0.2) is 6.10 Å². The lowest BCUT2D eigenvalue weighted by atomic mass is 10.2. The van der Waals surface area contributed by atoms with Gasteiger partial charge < -0.3 is 19.2 Å². The van der Waals surface area contributed by atoms with Crippen LogP contribution >= 0.6 is 0 Å². The molecule has 2 rings (SSSR count). The van der Waals surface area contributed by atoms with E-state index in [1.54, 1.807) is 25.1 Å². The minimum atomic E-state index is -0.952. The fourth-order valence-corrected chi connectivity index (χ4v) is 1.96. The van der Waals surface area contributed by atoms with Crippen molar-refractivity contribution < 1.29 is 23.5 Å². The molecule has 0 saturated carbocycles. The molecule has 0 saturated heterocycles. The second-order valence-corrected chi connectivity index (χ2v) is 4.86. The maximum absolute atomic E-state index is 12.2. The summed E-state index contributed by atoms with van der Waals surface area (Å²) in [6.45, 7) is 5.50. The van der Waals surface area contributed by atoms with Crippen LogP contribution in [0.1, 0.15) is 30.0 Å². The Balaban J connectivity index is 2.00. The number of hydrogen-bond donors (Lipinski definition) is 1. The van der Waals surface area contributed by atoms with Crippen LogP contribution in [0.4, 0.5) is 5.69 Å². The van der Waals surface area contributed by atoms with E-state index in [0.717, 1.165) is 0 Å². The van der Waals surface area contributed by atoms with Gasteiger partial charge in [0.1, 0.15) is 17.1 Å². The standard InChI is InChI=1S/C17H19NO5/c1-4-21-15-8-6-5-7-14(15)18-16(19)12(3)23-17(20)13-9-10-22-11(13)2/h5-10,12H,4H2,1-3H3,(H,18,19). The average molecular weight is 317 g/mol. The summed E-state index contributed by atoms with van der Waals surface area (Å²) in [5.41, 5.74) is 0.834. The molecule has 6 nitrogen and oxygen atoms in total. The molecule has 1 amide bonds. The highest BCUT2D eigenvalue weighted by Crippen LogP contribution is 2.24. The molecular formula is C17H19NO5. The Labute approximate surface area is 134 Å². The fourth-order valence-electron chi connectivity index (χ4n) is 1.96. The molecule has 2 aromatic rings. The molecule has 1 unspecified atom stereocenters. The van der Waals surface area contributed by atoms with E-state index in [1.165, 1.54) is 19.3 Å². The first-order chi connectivity index (χ1) is 11.0. The fraction of sp³-hybridized carbons (Fsp3) is 0.294. The number of carbonyl (C=O) groups is 2. The molecule has 0 bridgehead atoms. The van der Waals surface area contributed by atoms with Crippen molar-refractivity contribution in [3.8, 4) is 5.75 Å². The zero-order valence-corrected chi connectivity index (χ0v) is 13.3. The number of ether oxygens (including phenoxy) is 2. The molecule has 0 fully saturated rings. The Morgan fingerprint density at radius 1 is 1.26 bits per heavy atom. The number of aryl methyl sites for hydroxylation is 1. The second kappa shape index (κ2) is 7.49. The van der Waals surface area contributed by atoms with E-state index in [-0.39, 0.29) is 0 Å². The Kier molecular flexibility index (Phi) is 5.41. The van der Waals surface area contributed by atoms with Gasteiger partial charge in [0, 0.05) is 0 Å². The van der Waals surface area contributed by atoms with E-state index in [1.807, 2.05) is 13.0 Å². The zero-order chi connectivity index (χ0) is 16.8. The number of benzene rings is 1. The van der Waals surface area contributed by atoms with Gasteiger partial charge in [0.25, 0.3) is 5.91 Å². The molecule has 0 spiro atoms. The zero-order valence-electron chi connectivity index (χ0n) is 13.3. The quantitative estimate of drug-likeness (QED) is 0.828. The average Bonchev–Trinajstić information content (AvgIpc) is 2.95. The molecule has 23 heavy (non-hydrogen) atoms. The molecule has 0 aliphatic carbocycles. The van der Waals surface area contributed by atoms with Crippen LogP contribution in [0, 0.1) is 6.92 Å². The first kappa shape index (κ1) is 16.6. The summed E-state index contributed by atoms with van der Waals surface area (Å²) in [5.74, 6) is -0.0273. The molecule has 1 aromatic carbocycles. The third-order valence-electron chi connectivity index (χ3n) is 3.18. The normalized spacial score (nSPS) is 11.6. The van der Waals surface area contributed by atoms with Crippen molar-refractivity contribution in [3.63, 3.8) is 0 Å². The summed E-state index contributed by atoms with van der Waals surface area (Å²) >= 11 is 0. The van der Waals surface area contributed by atoms with Gasteiger partial charge in [0.05, 0.1) is 18.6 Å². The van der Waals surface area contributed by atoms with Crippen LogP contribution in [0.5, 0.6) is 5.75 Å². The predicted octanol–water partition coefficient (Wildman–Crippen LogP) is 3.17. The third kappa shape index (κ3) is 4.12. The lowest BCUT2D eigenvalue weighted by Gasteiger charge is -2.15. The third-order valence-corrected chi connectivity index (χ3v) is 3.18. The van der Waals surface area contributed by atoms with Crippen LogP contribution in [0.25, 0.3) is 0 Å². The van der Waals surface area contributed by atoms with E-state index < -0.39 is 18.0 Å². The van der Waals surface area contributed by atoms with Crippen molar-refractivity contribution >= 4 is 17.6 Å². The highest BCUT2D eigenvalue weighted by Gasteiger charge is 2.22. The maximum Gasteiger partial charge on any atom is 0.342 e. The first-order valence-electron chi connectivity index (χ1n) is 7.30. The number of anilines is 1. The number of amides is 1. The van der Waals surface area contributed by atoms with E-state index >= 15 is 0 Å². The molecular weight excluding hydrogens is 298 g/mol. The van der Waals surface area contributed by atoms with Crippen molar-refractivity contribution in [2.45, 2.75) is 26.9 Å². The number of carbonyl (C=O) groups excluding carboxylic acids is 2. The minimum absolute atomic E-state index is 0.305. The van der Waals surface area contributed by atoms with Crippen LogP contribution in [0.2, 0.25) is 0 Å². The topological polar surface area (TPSA) is 77.8 Å². The van der Waals surface area contributed by atoms with Gasteiger partial charge in [-0.05, 0) is 39.0 Å². The molecule has 0 aliphatic rings. The van der Waals surface area contributed by atoms with Crippen LogP contribution in [0.15, 0.2) is 41.0 Å². The molecule has 122 valence electrons. The number of para-hydroxylation sites is 2. The number of hydrogen-bond acceptors (Lipinski definition) is 5. The summed E-state index contributed by atoms with van der Waals surface area (Å²) in [6.07, 6.45) is 0.445.